The van der Waals surface area contributed by atoms with Gasteiger partial charge < -0.3 is 15.5 Å². The minimum absolute atomic E-state index is 0.112. The average Bonchev–Trinajstić information content (AvgIpc) is 3.14. The molecule has 0 radical (unpaired) electrons. The first-order valence-electron chi connectivity index (χ1n) is 7.84. The molecule has 2 saturated heterocycles. The number of alkyl halides is 3. The van der Waals surface area contributed by atoms with Crippen LogP contribution in [0.25, 0.3) is 0 Å². The zero-order valence-electron chi connectivity index (χ0n) is 12.9. The number of nitrogens with zero attached hydrogens (tertiary/aromatic N) is 1. The summed E-state index contributed by atoms with van der Waals surface area (Å²) in [5.41, 5.74) is -1.000. The summed E-state index contributed by atoms with van der Waals surface area (Å²) in [6.07, 6.45) is -2.73. The summed E-state index contributed by atoms with van der Waals surface area (Å²) in [6, 6.07) is 4.62. The van der Waals surface area contributed by atoms with E-state index in [-0.39, 0.29) is 24.1 Å². The van der Waals surface area contributed by atoms with Gasteiger partial charge in [-0.3, -0.25) is 9.59 Å². The van der Waals surface area contributed by atoms with Gasteiger partial charge in [-0.15, -0.1) is 0 Å². The average molecular weight is 341 g/mol. The van der Waals surface area contributed by atoms with E-state index in [0.717, 1.165) is 31.5 Å². The van der Waals surface area contributed by atoms with Gasteiger partial charge in [0.15, 0.2) is 0 Å². The normalized spacial score (nSPS) is 23.2. The molecular formula is C16H18F3N3O2. The largest absolute Gasteiger partial charge is 0.416 e. The molecule has 130 valence electrons. The van der Waals surface area contributed by atoms with Crippen molar-refractivity contribution in [1.82, 2.24) is 15.5 Å². The zero-order valence-corrected chi connectivity index (χ0v) is 12.9. The molecule has 2 N–H and O–H groups in total. The van der Waals surface area contributed by atoms with Crippen molar-refractivity contribution < 1.29 is 22.8 Å². The maximum absolute atomic E-state index is 12.7. The molecule has 5 nitrogen and oxygen atoms in total. The van der Waals surface area contributed by atoms with E-state index >= 15 is 0 Å². The lowest BCUT2D eigenvalue weighted by Gasteiger charge is -2.23. The predicted octanol–water partition coefficient (Wildman–Crippen LogP) is 1.40. The first-order valence-corrected chi connectivity index (χ1v) is 7.84. The van der Waals surface area contributed by atoms with Gasteiger partial charge in [-0.25, -0.2) is 0 Å². The Morgan fingerprint density at radius 1 is 1.29 bits per heavy atom. The van der Waals surface area contributed by atoms with E-state index < -0.39 is 17.6 Å². The lowest BCUT2D eigenvalue weighted by Crippen LogP contribution is -2.44. The van der Waals surface area contributed by atoms with E-state index in [4.69, 9.17) is 0 Å². The Bertz CT molecular complexity index is 648. The third-order valence-electron chi connectivity index (χ3n) is 4.57. The van der Waals surface area contributed by atoms with E-state index in [9.17, 15) is 22.8 Å². The summed E-state index contributed by atoms with van der Waals surface area (Å²) in [4.78, 5) is 26.0. The Morgan fingerprint density at radius 3 is 2.83 bits per heavy atom. The number of nitrogens with one attached hydrogen (secondary N) is 2. The Kier molecular flexibility index (Phi) is 4.49. The van der Waals surface area contributed by atoms with Crippen LogP contribution >= 0.6 is 0 Å². The molecule has 1 aromatic carbocycles. The number of hydrogen-bond acceptors (Lipinski definition) is 3. The highest BCUT2D eigenvalue weighted by molar-refractivity contribution is 5.96. The molecule has 2 heterocycles. The molecule has 2 fully saturated rings. The molecule has 2 atom stereocenters. The van der Waals surface area contributed by atoms with Crippen molar-refractivity contribution in [2.45, 2.75) is 31.1 Å². The first kappa shape index (κ1) is 16.8. The van der Waals surface area contributed by atoms with Crippen LogP contribution in [0.1, 0.15) is 28.8 Å². The van der Waals surface area contributed by atoms with E-state index in [1.807, 2.05) is 0 Å². The molecule has 24 heavy (non-hydrogen) atoms. The monoisotopic (exact) mass is 341 g/mol. The molecule has 1 aromatic rings. The second kappa shape index (κ2) is 6.43. The van der Waals surface area contributed by atoms with Crippen molar-refractivity contribution in [3.05, 3.63) is 35.4 Å². The highest BCUT2D eigenvalue weighted by Crippen LogP contribution is 2.29. The minimum atomic E-state index is -4.51. The van der Waals surface area contributed by atoms with Crippen molar-refractivity contribution in [2.24, 2.45) is 0 Å². The van der Waals surface area contributed by atoms with Crippen LogP contribution in [0.3, 0.4) is 0 Å². The molecule has 2 aliphatic rings. The summed E-state index contributed by atoms with van der Waals surface area (Å²) < 4.78 is 38.0. The van der Waals surface area contributed by atoms with Crippen LogP contribution in [0.2, 0.25) is 0 Å². The molecule has 2 amide bonds. The predicted molar refractivity (Wildman–Crippen MR) is 80.3 cm³/mol. The Labute approximate surface area is 137 Å². The topological polar surface area (TPSA) is 61.4 Å². The second-order valence-corrected chi connectivity index (χ2v) is 6.05. The molecule has 0 saturated carbocycles. The van der Waals surface area contributed by atoms with Gasteiger partial charge >= 0.3 is 6.18 Å². The zero-order chi connectivity index (χ0) is 17.3. The summed E-state index contributed by atoms with van der Waals surface area (Å²) in [5, 5.41) is 5.74. The maximum atomic E-state index is 12.7. The van der Waals surface area contributed by atoms with Crippen LogP contribution in [-0.2, 0) is 11.0 Å². The van der Waals surface area contributed by atoms with E-state index in [2.05, 4.69) is 10.6 Å². The van der Waals surface area contributed by atoms with Crippen LogP contribution in [0.5, 0.6) is 0 Å². The molecule has 0 aromatic heterocycles. The van der Waals surface area contributed by atoms with Gasteiger partial charge in [-0.2, -0.15) is 13.2 Å². The fourth-order valence-corrected chi connectivity index (χ4v) is 3.37. The van der Waals surface area contributed by atoms with E-state index in [1.165, 1.54) is 12.1 Å². The third-order valence-corrected chi connectivity index (χ3v) is 4.57. The number of fused-ring (bicyclic) bond motifs is 1. The summed E-state index contributed by atoms with van der Waals surface area (Å²) in [6.45, 7) is 1.30. The molecule has 3 rings (SSSR count). The highest BCUT2D eigenvalue weighted by atomic mass is 19.4. The van der Waals surface area contributed by atoms with Crippen molar-refractivity contribution in [3.63, 3.8) is 0 Å². The van der Waals surface area contributed by atoms with Crippen LogP contribution in [-0.4, -0.2) is 48.4 Å². The molecule has 0 spiro atoms. The fourth-order valence-electron chi connectivity index (χ4n) is 3.37. The highest BCUT2D eigenvalue weighted by Gasteiger charge is 2.39. The molecule has 2 unspecified atom stereocenters. The van der Waals surface area contributed by atoms with Gasteiger partial charge in [0.2, 0.25) is 5.91 Å². The molecule has 8 heteroatoms. The smallest absolute Gasteiger partial charge is 0.343 e. The van der Waals surface area contributed by atoms with Gasteiger partial charge in [0.25, 0.3) is 5.91 Å². The van der Waals surface area contributed by atoms with Gasteiger partial charge in [-0.1, -0.05) is 6.07 Å². The number of hydrogen-bond donors (Lipinski definition) is 2. The molecule has 0 bridgehead atoms. The van der Waals surface area contributed by atoms with Crippen LogP contribution < -0.4 is 10.6 Å². The number of amides is 2. The number of carbonyl (C=O) groups excluding carboxylic acids is 2. The Morgan fingerprint density at radius 2 is 2.08 bits per heavy atom. The molecular weight excluding hydrogens is 323 g/mol. The number of benzene rings is 1. The Balaban J connectivity index is 1.58. The van der Waals surface area contributed by atoms with Crippen LogP contribution in [0.15, 0.2) is 24.3 Å². The van der Waals surface area contributed by atoms with Gasteiger partial charge in [0.05, 0.1) is 12.1 Å². The Hall–Kier alpha value is -2.09. The van der Waals surface area contributed by atoms with Gasteiger partial charge in [0, 0.05) is 24.2 Å². The van der Waals surface area contributed by atoms with Gasteiger partial charge in [0.1, 0.15) is 0 Å². The maximum Gasteiger partial charge on any atom is 0.416 e. The third kappa shape index (κ3) is 3.38. The molecule has 2 aliphatic heterocycles. The standard InChI is InChI=1S/C16H18F3N3O2/c17-16(18,19)11-3-1-2-10(8-11)15(24)21-9-14(23)22-7-5-12-13(22)4-6-20-12/h1-3,8,12-13,20H,4-7,9H2,(H,21,24). The van der Waals surface area contributed by atoms with Crippen LogP contribution in [0, 0.1) is 0 Å². The van der Waals surface area contributed by atoms with Crippen molar-refractivity contribution in [1.29, 1.82) is 0 Å². The summed E-state index contributed by atoms with van der Waals surface area (Å²) >= 11 is 0. The fraction of sp³-hybridized carbons (Fsp3) is 0.500. The lowest BCUT2D eigenvalue weighted by molar-refractivity contribution is -0.137. The molecule has 0 aliphatic carbocycles. The number of halogens is 3. The summed E-state index contributed by atoms with van der Waals surface area (Å²) in [5.74, 6) is -0.888. The SMILES string of the molecule is O=C(NCC(=O)N1CCC2NCCC21)c1cccc(C(F)(F)F)c1. The van der Waals surface area contributed by atoms with Gasteiger partial charge in [-0.05, 0) is 37.6 Å². The van der Waals surface area contributed by atoms with Crippen LogP contribution in [0.4, 0.5) is 13.2 Å². The van der Waals surface area contributed by atoms with Crippen molar-refractivity contribution in [3.8, 4) is 0 Å². The first-order chi connectivity index (χ1) is 11.4. The lowest BCUT2D eigenvalue weighted by atomic mass is 10.1. The van der Waals surface area contributed by atoms with E-state index in [0.29, 0.717) is 12.6 Å². The number of rotatable bonds is 3. The van der Waals surface area contributed by atoms with E-state index in [1.54, 1.807) is 4.90 Å². The number of carbonyl (C=O) groups is 2. The summed E-state index contributed by atoms with van der Waals surface area (Å²) in [7, 11) is 0. The number of likely N-dealkylation sites (tertiary alicyclic amines) is 1. The van der Waals surface area contributed by atoms with Crippen molar-refractivity contribution >= 4 is 11.8 Å². The second-order valence-electron chi connectivity index (χ2n) is 6.05. The van der Waals surface area contributed by atoms with Crippen molar-refractivity contribution in [2.75, 3.05) is 19.6 Å². The minimum Gasteiger partial charge on any atom is -0.343 e. The quantitative estimate of drug-likeness (QED) is 0.874.